The molecule has 1 atom stereocenters. The molecule has 0 spiro atoms. The van der Waals surface area contributed by atoms with Gasteiger partial charge in [0.05, 0.1) is 32.5 Å². The van der Waals surface area contributed by atoms with Gasteiger partial charge in [-0.05, 0) is 12.1 Å². The zero-order valence-corrected chi connectivity index (χ0v) is 10.5. The van der Waals surface area contributed by atoms with Gasteiger partial charge in [0.2, 0.25) is 0 Å². The number of aliphatic hydroxyl groups excluding tert-OH is 1. The molecule has 3 rings (SSSR count). The lowest BCUT2D eigenvalue weighted by molar-refractivity contribution is -0.0934. The molecule has 0 radical (unpaired) electrons. The maximum absolute atomic E-state index is 9.02. The van der Waals surface area contributed by atoms with Gasteiger partial charge < -0.3 is 23.6 Å². The molecule has 102 valence electrons. The summed E-state index contributed by atoms with van der Waals surface area (Å²) in [6, 6.07) is 3.55. The summed E-state index contributed by atoms with van der Waals surface area (Å²) >= 11 is 0. The molecule has 0 unspecified atom stereocenters. The third-order valence-electron chi connectivity index (χ3n) is 3.04. The maximum Gasteiger partial charge on any atom is 0.176 e. The first-order valence-electron chi connectivity index (χ1n) is 6.27. The number of aliphatic hydroxyl groups is 1. The number of imidazole rings is 1. The molecule has 1 N–H and O–H groups in total. The van der Waals surface area contributed by atoms with Gasteiger partial charge in [0, 0.05) is 12.4 Å². The Balaban J connectivity index is 1.77. The average Bonchev–Trinajstić information content (AvgIpc) is 3.08. The number of hydrogen-bond acceptors (Lipinski definition) is 5. The van der Waals surface area contributed by atoms with Crippen molar-refractivity contribution in [2.24, 2.45) is 0 Å². The largest absolute Gasteiger partial charge is 0.455 e. The number of ether oxygens (including phenoxy) is 2. The van der Waals surface area contributed by atoms with Crippen LogP contribution in [0.15, 0.2) is 28.9 Å². The summed E-state index contributed by atoms with van der Waals surface area (Å²) in [6.45, 7) is 2.44. The van der Waals surface area contributed by atoms with Crippen LogP contribution >= 0.6 is 0 Å². The quantitative estimate of drug-likeness (QED) is 0.894. The van der Waals surface area contributed by atoms with Crippen LogP contribution < -0.4 is 0 Å². The van der Waals surface area contributed by atoms with Gasteiger partial charge in [0.1, 0.15) is 12.4 Å². The highest BCUT2D eigenvalue weighted by Crippen LogP contribution is 2.21. The van der Waals surface area contributed by atoms with Gasteiger partial charge in [-0.3, -0.25) is 0 Å². The minimum absolute atomic E-state index is 0.0361. The van der Waals surface area contributed by atoms with E-state index in [1.165, 1.54) is 0 Å². The van der Waals surface area contributed by atoms with E-state index < -0.39 is 0 Å². The van der Waals surface area contributed by atoms with Gasteiger partial charge in [-0.1, -0.05) is 0 Å². The zero-order chi connectivity index (χ0) is 13.1. The smallest absolute Gasteiger partial charge is 0.176 e. The first-order valence-corrected chi connectivity index (χ1v) is 6.27. The molecule has 0 aromatic carbocycles. The Hall–Kier alpha value is -1.63. The van der Waals surface area contributed by atoms with Crippen molar-refractivity contribution in [3.63, 3.8) is 0 Å². The molecule has 6 heteroatoms. The van der Waals surface area contributed by atoms with Gasteiger partial charge in [-0.2, -0.15) is 0 Å². The second-order valence-electron chi connectivity index (χ2n) is 4.39. The Morgan fingerprint density at radius 1 is 1.37 bits per heavy atom. The zero-order valence-electron chi connectivity index (χ0n) is 10.5. The van der Waals surface area contributed by atoms with Crippen molar-refractivity contribution >= 4 is 0 Å². The van der Waals surface area contributed by atoms with Crippen LogP contribution in [0.1, 0.15) is 5.76 Å². The predicted octanol–water partition coefficient (Wildman–Crippen LogP) is 1.05. The van der Waals surface area contributed by atoms with Crippen molar-refractivity contribution in [1.29, 1.82) is 0 Å². The molecular weight excluding hydrogens is 248 g/mol. The van der Waals surface area contributed by atoms with Gasteiger partial charge in [-0.25, -0.2) is 4.98 Å². The van der Waals surface area contributed by atoms with E-state index in [1.54, 1.807) is 12.3 Å². The summed E-state index contributed by atoms with van der Waals surface area (Å²) in [5, 5.41) is 9.02. The third kappa shape index (κ3) is 2.70. The SMILES string of the molecule is OCc1ccc(-c2nccn2C[C@@H]2COCCO2)o1. The predicted molar refractivity (Wildman–Crippen MR) is 66.4 cm³/mol. The van der Waals surface area contributed by atoms with Crippen molar-refractivity contribution in [3.05, 3.63) is 30.3 Å². The van der Waals surface area contributed by atoms with Crippen LogP contribution in [0.5, 0.6) is 0 Å². The molecule has 0 saturated carbocycles. The van der Waals surface area contributed by atoms with Gasteiger partial charge >= 0.3 is 0 Å². The molecular formula is C13H16N2O4. The highest BCUT2D eigenvalue weighted by atomic mass is 16.6. The fraction of sp³-hybridized carbons (Fsp3) is 0.462. The highest BCUT2D eigenvalue weighted by Gasteiger charge is 2.18. The minimum Gasteiger partial charge on any atom is -0.455 e. The number of nitrogens with zero attached hydrogens (tertiary/aromatic N) is 2. The Bertz CT molecular complexity index is 528. The topological polar surface area (TPSA) is 69.7 Å². The summed E-state index contributed by atoms with van der Waals surface area (Å²) in [4.78, 5) is 4.29. The Morgan fingerprint density at radius 2 is 2.32 bits per heavy atom. The molecule has 1 saturated heterocycles. The molecule has 2 aromatic rings. The maximum atomic E-state index is 9.02. The van der Waals surface area contributed by atoms with Crippen molar-refractivity contribution in [1.82, 2.24) is 9.55 Å². The van der Waals surface area contributed by atoms with E-state index in [2.05, 4.69) is 4.98 Å². The summed E-state index contributed by atoms with van der Waals surface area (Å²) in [5.41, 5.74) is 0. The summed E-state index contributed by atoms with van der Waals surface area (Å²) in [5.74, 6) is 1.90. The molecule has 6 nitrogen and oxygen atoms in total. The van der Waals surface area contributed by atoms with Crippen LogP contribution in [-0.4, -0.2) is 40.6 Å². The molecule has 0 bridgehead atoms. The summed E-state index contributed by atoms with van der Waals surface area (Å²) in [6.07, 6.45) is 3.64. The second kappa shape index (κ2) is 5.56. The molecule has 3 heterocycles. The van der Waals surface area contributed by atoms with E-state index in [1.807, 2.05) is 16.8 Å². The van der Waals surface area contributed by atoms with Crippen LogP contribution in [0.25, 0.3) is 11.6 Å². The van der Waals surface area contributed by atoms with E-state index in [0.717, 1.165) is 5.82 Å². The lowest BCUT2D eigenvalue weighted by Crippen LogP contribution is -2.32. The lowest BCUT2D eigenvalue weighted by atomic mass is 10.3. The van der Waals surface area contributed by atoms with E-state index in [-0.39, 0.29) is 12.7 Å². The lowest BCUT2D eigenvalue weighted by Gasteiger charge is -2.23. The Labute approximate surface area is 110 Å². The van der Waals surface area contributed by atoms with Gasteiger partial charge in [0.25, 0.3) is 0 Å². The minimum atomic E-state index is -0.111. The summed E-state index contributed by atoms with van der Waals surface area (Å²) in [7, 11) is 0. The Morgan fingerprint density at radius 3 is 3.05 bits per heavy atom. The first-order chi connectivity index (χ1) is 9.36. The standard InChI is InChI=1S/C13H16N2O4/c16-8-10-1-2-12(19-10)13-14-3-4-15(13)7-11-9-17-5-6-18-11/h1-4,11,16H,5-9H2/t11-/m1/s1. The fourth-order valence-electron chi connectivity index (χ4n) is 2.13. The van der Waals surface area contributed by atoms with Gasteiger partial charge in [-0.15, -0.1) is 0 Å². The van der Waals surface area contributed by atoms with Crippen molar-refractivity contribution < 1.29 is 19.0 Å². The molecule has 0 amide bonds. The normalized spacial score (nSPS) is 19.7. The highest BCUT2D eigenvalue weighted by molar-refractivity contribution is 5.47. The van der Waals surface area contributed by atoms with Gasteiger partial charge in [0.15, 0.2) is 11.6 Å². The Kier molecular flexibility index (Phi) is 3.63. The van der Waals surface area contributed by atoms with Crippen molar-refractivity contribution in [3.8, 4) is 11.6 Å². The van der Waals surface area contributed by atoms with Crippen LogP contribution in [0.4, 0.5) is 0 Å². The van der Waals surface area contributed by atoms with E-state index >= 15 is 0 Å². The molecule has 1 aliphatic heterocycles. The molecule has 1 fully saturated rings. The van der Waals surface area contributed by atoms with E-state index in [0.29, 0.717) is 37.9 Å². The molecule has 1 aliphatic rings. The number of hydrogen-bond donors (Lipinski definition) is 1. The van der Waals surface area contributed by atoms with Crippen LogP contribution in [0, 0.1) is 0 Å². The second-order valence-corrected chi connectivity index (χ2v) is 4.39. The van der Waals surface area contributed by atoms with E-state index in [9.17, 15) is 0 Å². The third-order valence-corrected chi connectivity index (χ3v) is 3.04. The van der Waals surface area contributed by atoms with Crippen molar-refractivity contribution in [2.45, 2.75) is 19.3 Å². The number of furan rings is 1. The number of aromatic nitrogens is 2. The van der Waals surface area contributed by atoms with Crippen LogP contribution in [-0.2, 0) is 22.6 Å². The monoisotopic (exact) mass is 264 g/mol. The average molecular weight is 264 g/mol. The number of rotatable bonds is 4. The fourth-order valence-corrected chi connectivity index (χ4v) is 2.13. The molecule has 0 aliphatic carbocycles. The first kappa shape index (κ1) is 12.4. The van der Waals surface area contributed by atoms with Crippen LogP contribution in [0.3, 0.4) is 0 Å². The molecule has 2 aromatic heterocycles. The van der Waals surface area contributed by atoms with Crippen molar-refractivity contribution in [2.75, 3.05) is 19.8 Å². The summed E-state index contributed by atoms with van der Waals surface area (Å²) < 4.78 is 18.5. The molecule has 19 heavy (non-hydrogen) atoms. The van der Waals surface area contributed by atoms with Crippen LogP contribution in [0.2, 0.25) is 0 Å². The van der Waals surface area contributed by atoms with E-state index in [4.69, 9.17) is 19.0 Å².